The van der Waals surface area contributed by atoms with Gasteiger partial charge in [0.25, 0.3) is 11.8 Å². The predicted octanol–water partition coefficient (Wildman–Crippen LogP) is 3.49. The lowest BCUT2D eigenvalue weighted by molar-refractivity contribution is -0.122. The number of carbonyl (C=O) groups is 3. The number of aryl methyl sites for hydroxylation is 1. The second kappa shape index (κ2) is 6.10. The summed E-state index contributed by atoms with van der Waals surface area (Å²) in [5, 5.41) is 4.09. The SMILES string of the molecule is Cc1ccsc1C=C1C(=O)NC(=O)N(c2cccc(Br)c2)C1=O. The first-order valence-corrected chi connectivity index (χ1v) is 8.36. The molecule has 2 heterocycles. The summed E-state index contributed by atoms with van der Waals surface area (Å²) in [6, 6.07) is 7.92. The number of nitrogens with one attached hydrogen (secondary N) is 1. The molecule has 116 valence electrons. The molecule has 0 unspecified atom stereocenters. The maximum Gasteiger partial charge on any atom is 0.335 e. The van der Waals surface area contributed by atoms with Gasteiger partial charge in [-0.2, -0.15) is 0 Å². The number of nitrogens with zero attached hydrogens (tertiary/aromatic N) is 1. The van der Waals surface area contributed by atoms with Crippen LogP contribution in [0.2, 0.25) is 0 Å². The van der Waals surface area contributed by atoms with Gasteiger partial charge in [0.05, 0.1) is 5.69 Å². The van der Waals surface area contributed by atoms with Crippen molar-refractivity contribution in [1.82, 2.24) is 5.32 Å². The number of rotatable bonds is 2. The minimum absolute atomic E-state index is 0.0601. The number of halogens is 1. The van der Waals surface area contributed by atoms with E-state index in [-0.39, 0.29) is 5.57 Å². The van der Waals surface area contributed by atoms with Gasteiger partial charge in [0.1, 0.15) is 5.57 Å². The Labute approximate surface area is 144 Å². The molecule has 1 fully saturated rings. The number of barbiturate groups is 1. The Kier molecular flexibility index (Phi) is 4.14. The van der Waals surface area contributed by atoms with Crippen LogP contribution in [0.4, 0.5) is 10.5 Å². The fourth-order valence-corrected chi connectivity index (χ4v) is 3.42. The van der Waals surface area contributed by atoms with Gasteiger partial charge in [0.15, 0.2) is 0 Å². The highest BCUT2D eigenvalue weighted by molar-refractivity contribution is 9.10. The van der Waals surface area contributed by atoms with Gasteiger partial charge in [-0.15, -0.1) is 11.3 Å². The number of anilines is 1. The monoisotopic (exact) mass is 390 g/mol. The first kappa shape index (κ1) is 15.6. The molecule has 1 N–H and O–H groups in total. The Bertz CT molecular complexity index is 857. The fourth-order valence-electron chi connectivity index (χ4n) is 2.17. The second-order valence-electron chi connectivity index (χ2n) is 4.91. The third-order valence-corrected chi connectivity index (χ3v) is 4.80. The Hall–Kier alpha value is -2.25. The number of hydrogen-bond donors (Lipinski definition) is 1. The van der Waals surface area contributed by atoms with E-state index in [1.807, 2.05) is 18.4 Å². The van der Waals surface area contributed by atoms with Crippen LogP contribution < -0.4 is 10.2 Å². The summed E-state index contributed by atoms with van der Waals surface area (Å²) in [6.07, 6.45) is 1.52. The summed E-state index contributed by atoms with van der Waals surface area (Å²) < 4.78 is 0.729. The van der Waals surface area contributed by atoms with E-state index in [1.165, 1.54) is 17.4 Å². The first-order chi connectivity index (χ1) is 11.0. The first-order valence-electron chi connectivity index (χ1n) is 6.68. The van der Waals surface area contributed by atoms with E-state index in [0.29, 0.717) is 5.69 Å². The topological polar surface area (TPSA) is 66.5 Å². The molecule has 0 spiro atoms. The van der Waals surface area contributed by atoms with Gasteiger partial charge in [0.2, 0.25) is 0 Å². The van der Waals surface area contributed by atoms with E-state index < -0.39 is 17.8 Å². The molecule has 1 saturated heterocycles. The highest BCUT2D eigenvalue weighted by atomic mass is 79.9. The molecule has 1 aliphatic rings. The molecule has 0 aliphatic carbocycles. The van der Waals surface area contributed by atoms with Crippen LogP contribution >= 0.6 is 27.3 Å². The molecule has 0 saturated carbocycles. The van der Waals surface area contributed by atoms with Gasteiger partial charge in [-0.1, -0.05) is 22.0 Å². The van der Waals surface area contributed by atoms with Crippen LogP contribution in [0.5, 0.6) is 0 Å². The molecule has 1 aliphatic heterocycles. The van der Waals surface area contributed by atoms with Gasteiger partial charge in [-0.3, -0.25) is 14.9 Å². The molecule has 5 nitrogen and oxygen atoms in total. The van der Waals surface area contributed by atoms with E-state index in [9.17, 15) is 14.4 Å². The zero-order valence-corrected chi connectivity index (χ0v) is 14.4. The molecule has 0 radical (unpaired) electrons. The molecule has 3 rings (SSSR count). The zero-order chi connectivity index (χ0) is 16.6. The van der Waals surface area contributed by atoms with Crippen molar-refractivity contribution in [1.29, 1.82) is 0 Å². The molecular weight excluding hydrogens is 380 g/mol. The lowest BCUT2D eigenvalue weighted by Gasteiger charge is -2.26. The number of hydrogen-bond acceptors (Lipinski definition) is 4. The van der Waals surface area contributed by atoms with Gasteiger partial charge >= 0.3 is 6.03 Å². The molecule has 23 heavy (non-hydrogen) atoms. The molecule has 2 aromatic rings. The van der Waals surface area contributed by atoms with Crippen molar-refractivity contribution >= 4 is 56.9 Å². The summed E-state index contributed by atoms with van der Waals surface area (Å²) in [4.78, 5) is 38.6. The van der Waals surface area contributed by atoms with Gasteiger partial charge in [-0.25, -0.2) is 9.69 Å². The quantitative estimate of drug-likeness (QED) is 0.630. The molecule has 1 aromatic carbocycles. The van der Waals surface area contributed by atoms with Crippen LogP contribution in [0.1, 0.15) is 10.4 Å². The van der Waals surface area contributed by atoms with Crippen LogP contribution in [0.3, 0.4) is 0 Å². The molecule has 0 atom stereocenters. The Morgan fingerprint density at radius 2 is 2.00 bits per heavy atom. The van der Waals surface area contributed by atoms with E-state index >= 15 is 0 Å². The van der Waals surface area contributed by atoms with Crippen molar-refractivity contribution in [3.8, 4) is 0 Å². The number of benzene rings is 1. The lowest BCUT2D eigenvalue weighted by atomic mass is 10.1. The van der Waals surface area contributed by atoms with Crippen LogP contribution in [0.25, 0.3) is 6.08 Å². The summed E-state index contributed by atoms with van der Waals surface area (Å²) >= 11 is 4.73. The van der Waals surface area contributed by atoms with Crippen molar-refractivity contribution in [3.05, 3.63) is 56.2 Å². The predicted molar refractivity (Wildman–Crippen MR) is 92.2 cm³/mol. The van der Waals surface area contributed by atoms with Crippen molar-refractivity contribution in [2.75, 3.05) is 4.90 Å². The van der Waals surface area contributed by atoms with E-state index in [1.54, 1.807) is 24.3 Å². The Morgan fingerprint density at radius 3 is 2.65 bits per heavy atom. The number of carbonyl (C=O) groups excluding carboxylic acids is 3. The Balaban J connectivity index is 2.04. The van der Waals surface area contributed by atoms with Crippen LogP contribution in [0.15, 0.2) is 45.8 Å². The van der Waals surface area contributed by atoms with Crippen LogP contribution in [-0.2, 0) is 9.59 Å². The number of urea groups is 1. The van der Waals surface area contributed by atoms with Crippen molar-refractivity contribution in [2.24, 2.45) is 0 Å². The minimum atomic E-state index is -0.752. The molecule has 0 bridgehead atoms. The van der Waals surface area contributed by atoms with Gasteiger partial charge in [0, 0.05) is 9.35 Å². The van der Waals surface area contributed by atoms with E-state index in [4.69, 9.17) is 0 Å². The van der Waals surface area contributed by atoms with Crippen LogP contribution in [0, 0.1) is 6.92 Å². The maximum atomic E-state index is 12.7. The second-order valence-corrected chi connectivity index (χ2v) is 6.77. The summed E-state index contributed by atoms with van der Waals surface area (Å²) in [6.45, 7) is 1.89. The third kappa shape index (κ3) is 2.97. The van der Waals surface area contributed by atoms with Crippen molar-refractivity contribution in [2.45, 2.75) is 6.92 Å². The Morgan fingerprint density at radius 1 is 1.22 bits per heavy atom. The summed E-state index contributed by atoms with van der Waals surface area (Å²) in [5.74, 6) is -1.32. The highest BCUT2D eigenvalue weighted by Crippen LogP contribution is 2.26. The molecule has 1 aromatic heterocycles. The molecular formula is C16H11BrN2O3S. The summed E-state index contributed by atoms with van der Waals surface area (Å²) in [5.41, 5.74) is 1.30. The van der Waals surface area contributed by atoms with Crippen molar-refractivity contribution in [3.63, 3.8) is 0 Å². The minimum Gasteiger partial charge on any atom is -0.273 e. The molecule has 4 amide bonds. The zero-order valence-electron chi connectivity index (χ0n) is 12.0. The number of thiophene rings is 1. The number of imide groups is 2. The van der Waals surface area contributed by atoms with E-state index in [0.717, 1.165) is 19.8 Å². The maximum absolute atomic E-state index is 12.7. The number of amides is 4. The van der Waals surface area contributed by atoms with Gasteiger partial charge < -0.3 is 0 Å². The summed E-state index contributed by atoms with van der Waals surface area (Å²) in [7, 11) is 0. The van der Waals surface area contributed by atoms with Gasteiger partial charge in [-0.05, 0) is 48.2 Å². The van der Waals surface area contributed by atoms with Crippen LogP contribution in [-0.4, -0.2) is 17.8 Å². The smallest absolute Gasteiger partial charge is 0.273 e. The fraction of sp³-hybridized carbons (Fsp3) is 0.0625. The lowest BCUT2D eigenvalue weighted by Crippen LogP contribution is -2.54. The molecule has 7 heteroatoms. The van der Waals surface area contributed by atoms with Crippen molar-refractivity contribution < 1.29 is 14.4 Å². The highest BCUT2D eigenvalue weighted by Gasteiger charge is 2.36. The standard InChI is InChI=1S/C16H11BrN2O3S/c1-9-5-6-23-13(9)8-12-14(20)18-16(22)19(15(12)21)11-4-2-3-10(17)7-11/h2-8H,1H3,(H,18,20,22). The normalized spacial score (nSPS) is 16.9. The average Bonchev–Trinajstić information content (AvgIpc) is 2.88. The third-order valence-electron chi connectivity index (χ3n) is 3.35. The van der Waals surface area contributed by atoms with E-state index in [2.05, 4.69) is 21.2 Å². The largest absolute Gasteiger partial charge is 0.335 e. The average molecular weight is 391 g/mol.